The lowest BCUT2D eigenvalue weighted by Crippen LogP contribution is -2.75. The van der Waals surface area contributed by atoms with Crippen LogP contribution in [-0.4, -0.2) is 80.4 Å². The van der Waals surface area contributed by atoms with Crippen LogP contribution in [0.2, 0.25) is 5.04 Å². The van der Waals surface area contributed by atoms with E-state index in [1.54, 1.807) is 27.7 Å². The molecule has 0 spiro atoms. The van der Waals surface area contributed by atoms with E-state index in [0.717, 1.165) is 12.5 Å². The maximum absolute atomic E-state index is 13.3. The fourth-order valence-electron chi connectivity index (χ4n) is 4.79. The molecule has 0 atom stereocenters. The van der Waals surface area contributed by atoms with Crippen molar-refractivity contribution in [3.05, 3.63) is 0 Å². The Labute approximate surface area is 198 Å². The average Bonchev–Trinajstić information content (AvgIpc) is 2.51. The Hall–Kier alpha value is -0.0831. The van der Waals surface area contributed by atoms with Gasteiger partial charge >= 0.3 is 8.80 Å². The van der Waals surface area contributed by atoms with Crippen LogP contribution in [0.1, 0.15) is 69.2 Å². The van der Waals surface area contributed by atoms with Crippen molar-refractivity contribution < 1.29 is 30.1 Å². The van der Waals surface area contributed by atoms with Crippen LogP contribution in [0.15, 0.2) is 0 Å². The zero-order valence-electron chi connectivity index (χ0n) is 22.6. The zero-order valence-corrected chi connectivity index (χ0v) is 25.3. The molecule has 194 valence electrons. The summed E-state index contributed by atoms with van der Waals surface area (Å²) in [4.78, 5) is 0. The zero-order chi connectivity index (χ0) is 26.4. The van der Waals surface area contributed by atoms with Crippen molar-refractivity contribution in [1.82, 2.24) is 9.03 Å². The Morgan fingerprint density at radius 3 is 1.28 bits per heavy atom. The highest BCUT2D eigenvalue weighted by Crippen LogP contribution is 2.60. The monoisotopic (exact) mass is 518 g/mol. The summed E-state index contributed by atoms with van der Waals surface area (Å²) in [6.45, 7) is 18.3. The number of rotatable bonds is 12. The normalized spacial score (nSPS) is 16.0. The molecule has 0 aromatic carbocycles. The number of nitrogens with zero attached hydrogens (tertiary/aromatic N) is 1. The van der Waals surface area contributed by atoms with E-state index in [4.69, 9.17) is 13.3 Å². The summed E-state index contributed by atoms with van der Waals surface area (Å²) in [7, 11) is -6.13. The van der Waals surface area contributed by atoms with E-state index in [2.05, 4.69) is 4.72 Å². The molecule has 0 radical (unpaired) electrons. The number of hydrogen-bond donors (Lipinski definition) is 1. The highest BCUT2D eigenvalue weighted by molar-refractivity contribution is 7.89. The van der Waals surface area contributed by atoms with E-state index in [1.165, 1.54) is 25.6 Å². The first-order valence-electron chi connectivity index (χ1n) is 10.4. The fourth-order valence-corrected chi connectivity index (χ4v) is 11.2. The minimum atomic E-state index is -3.84. The molecule has 12 heteroatoms. The van der Waals surface area contributed by atoms with Gasteiger partial charge in [0.1, 0.15) is 0 Å². The molecular weight excluding hydrogens is 472 g/mol. The van der Waals surface area contributed by atoms with Crippen LogP contribution in [0, 0.1) is 5.41 Å². The summed E-state index contributed by atoms with van der Waals surface area (Å²) in [5.74, 6) is 0. The molecule has 0 unspecified atom stereocenters. The highest BCUT2D eigenvalue weighted by Gasteiger charge is 2.68. The summed E-state index contributed by atoms with van der Waals surface area (Å²) in [6, 6.07) is 0. The Kier molecular flexibility index (Phi) is 9.15. The van der Waals surface area contributed by atoms with Crippen molar-refractivity contribution in [2.24, 2.45) is 5.41 Å². The molecule has 32 heavy (non-hydrogen) atoms. The lowest BCUT2D eigenvalue weighted by molar-refractivity contribution is -0.0527. The molecule has 0 saturated carbocycles. The third-order valence-electron chi connectivity index (χ3n) is 7.98. The molecule has 0 aromatic rings. The van der Waals surface area contributed by atoms with E-state index in [-0.39, 0.29) is 0 Å². The second-order valence-electron chi connectivity index (χ2n) is 11.1. The van der Waals surface area contributed by atoms with Crippen molar-refractivity contribution in [3.63, 3.8) is 0 Å². The van der Waals surface area contributed by atoms with Crippen LogP contribution in [0.25, 0.3) is 0 Å². The smallest absolute Gasteiger partial charge is 0.377 e. The van der Waals surface area contributed by atoms with Crippen LogP contribution in [0.4, 0.5) is 0 Å². The number of hydrogen-bond acceptors (Lipinski definition) is 7. The van der Waals surface area contributed by atoms with Crippen LogP contribution in [0.5, 0.6) is 0 Å². The van der Waals surface area contributed by atoms with Gasteiger partial charge in [-0.05, 0) is 47.0 Å². The number of nitrogens with one attached hydrogen (secondary N) is 1. The topological polar surface area (TPSA) is 111 Å². The molecule has 0 saturated heterocycles. The molecule has 0 fully saturated rings. The molecule has 1 N–H and O–H groups in total. The Balaban J connectivity index is 7.16. The maximum atomic E-state index is 13.3. The first-order valence-corrected chi connectivity index (χ1v) is 15.9. The highest BCUT2D eigenvalue weighted by atomic mass is 32.2. The van der Waals surface area contributed by atoms with Gasteiger partial charge < -0.3 is 13.3 Å². The Bertz CT molecular complexity index is 867. The van der Waals surface area contributed by atoms with Crippen LogP contribution < -0.4 is 4.72 Å². The molecule has 0 heterocycles. The molecule has 0 aliphatic rings. The van der Waals surface area contributed by atoms with E-state index >= 15 is 0 Å². The minimum Gasteiger partial charge on any atom is -0.377 e. The van der Waals surface area contributed by atoms with E-state index < -0.39 is 55.9 Å². The van der Waals surface area contributed by atoms with Gasteiger partial charge in [-0.25, -0.2) is 21.6 Å². The predicted octanol–water partition coefficient (Wildman–Crippen LogP) is 2.82. The molecule has 0 aliphatic carbocycles. The molecule has 0 aliphatic heterocycles. The van der Waals surface area contributed by atoms with Gasteiger partial charge in [0, 0.05) is 43.0 Å². The summed E-state index contributed by atoms with van der Waals surface area (Å²) in [6.07, 6.45) is 2.20. The van der Waals surface area contributed by atoms with Gasteiger partial charge in [0.25, 0.3) is 0 Å². The van der Waals surface area contributed by atoms with Gasteiger partial charge in [-0.1, -0.05) is 27.7 Å². The van der Waals surface area contributed by atoms with Crippen molar-refractivity contribution in [2.45, 2.75) is 90.9 Å². The predicted molar refractivity (Wildman–Crippen MR) is 132 cm³/mol. The maximum Gasteiger partial charge on any atom is 0.506 e. The quantitative estimate of drug-likeness (QED) is 0.395. The van der Waals surface area contributed by atoms with Crippen molar-refractivity contribution in [2.75, 3.05) is 33.8 Å². The van der Waals surface area contributed by atoms with E-state index in [1.807, 2.05) is 41.5 Å². The van der Waals surface area contributed by atoms with E-state index in [9.17, 15) is 16.8 Å². The lowest BCUT2D eigenvalue weighted by Gasteiger charge is -2.62. The Morgan fingerprint density at radius 1 is 0.688 bits per heavy atom. The van der Waals surface area contributed by atoms with Gasteiger partial charge in [0.2, 0.25) is 20.0 Å². The second-order valence-corrected chi connectivity index (χ2v) is 18.2. The number of sulfonamides is 2. The van der Waals surface area contributed by atoms with Crippen molar-refractivity contribution in [1.29, 1.82) is 0 Å². The lowest BCUT2D eigenvalue weighted by atomic mass is 9.64. The van der Waals surface area contributed by atoms with Gasteiger partial charge in [0.05, 0.1) is 12.5 Å². The second kappa shape index (κ2) is 9.18. The largest absolute Gasteiger partial charge is 0.506 e. The molecule has 9 nitrogen and oxygen atoms in total. The standard InChI is InChI=1S/C20H46N2O7S2Si/c1-16(2,20(9,10)32(27-11,28-12)29-13)18(5,6)22(31(15,25)26)19(7,8)17(3,4)21-30(14,23)24/h21H,1-15H3. The first kappa shape index (κ1) is 31.9. The third-order valence-corrected chi connectivity index (χ3v) is 14.2. The van der Waals surface area contributed by atoms with Gasteiger partial charge in [-0.15, -0.1) is 0 Å². The van der Waals surface area contributed by atoms with Crippen LogP contribution in [0.3, 0.4) is 0 Å². The van der Waals surface area contributed by atoms with Crippen molar-refractivity contribution in [3.8, 4) is 0 Å². The van der Waals surface area contributed by atoms with Gasteiger partial charge in [-0.3, -0.25) is 0 Å². The van der Waals surface area contributed by atoms with E-state index in [0.29, 0.717) is 0 Å². The summed E-state index contributed by atoms with van der Waals surface area (Å²) < 4.78 is 72.3. The molecule has 0 bridgehead atoms. The first-order chi connectivity index (χ1) is 13.8. The molecule has 0 aromatic heterocycles. The van der Waals surface area contributed by atoms with Crippen molar-refractivity contribution >= 4 is 28.9 Å². The van der Waals surface area contributed by atoms with Crippen LogP contribution >= 0.6 is 0 Å². The SMILES string of the molecule is CO[Si](OC)(OC)C(C)(C)C(C)(C)C(C)(C)N(C(C)(C)C(C)(C)NS(C)(=O)=O)S(C)(=O)=O. The Morgan fingerprint density at radius 2 is 1.03 bits per heavy atom. The summed E-state index contributed by atoms with van der Waals surface area (Å²) >= 11 is 0. The molecular formula is C20H46N2O7S2Si. The summed E-state index contributed by atoms with van der Waals surface area (Å²) in [5, 5.41) is -0.755. The van der Waals surface area contributed by atoms with Gasteiger partial charge in [-0.2, -0.15) is 4.31 Å². The van der Waals surface area contributed by atoms with Crippen LogP contribution in [-0.2, 0) is 33.3 Å². The molecule has 0 amide bonds. The minimum absolute atomic E-state index is 0.755. The average molecular weight is 519 g/mol. The fraction of sp³-hybridized carbons (Fsp3) is 1.00. The molecule has 0 rings (SSSR count). The summed E-state index contributed by atoms with van der Waals surface area (Å²) in [5.41, 5.74) is -4.13. The third kappa shape index (κ3) is 5.27. The van der Waals surface area contributed by atoms with Gasteiger partial charge in [0.15, 0.2) is 0 Å².